The van der Waals surface area contributed by atoms with E-state index in [9.17, 15) is 0 Å². The molecule has 0 fully saturated rings. The summed E-state index contributed by atoms with van der Waals surface area (Å²) in [5.74, 6) is 0. The molecule has 0 rings (SSSR count). The number of hydrogen-bond acceptors (Lipinski definition) is 4. The minimum atomic E-state index is 0.591. The Bertz CT molecular complexity index is 174. The predicted molar refractivity (Wildman–Crippen MR) is 69.7 cm³/mol. The van der Waals surface area contributed by atoms with Crippen LogP contribution in [-0.4, -0.2) is 58.4 Å². The van der Waals surface area contributed by atoms with Crippen molar-refractivity contribution in [2.24, 2.45) is 0 Å². The Morgan fingerprint density at radius 3 is 2.69 bits per heavy atom. The summed E-state index contributed by atoms with van der Waals surface area (Å²) < 4.78 is 5.40. The molecule has 0 aliphatic heterocycles. The monoisotopic (exact) mass is 229 g/mol. The lowest BCUT2D eigenvalue weighted by molar-refractivity contribution is 0.154. The molecule has 0 unspecified atom stereocenters. The molecule has 0 aromatic carbocycles. The fourth-order valence-electron chi connectivity index (χ4n) is 1.30. The topological polar surface area (TPSA) is 36.5 Å². The number of ether oxygens (including phenoxy) is 1. The summed E-state index contributed by atoms with van der Waals surface area (Å²) >= 11 is 0. The van der Waals surface area contributed by atoms with Crippen molar-refractivity contribution in [1.82, 2.24) is 15.5 Å². The van der Waals surface area contributed by atoms with E-state index >= 15 is 0 Å². The predicted octanol–water partition coefficient (Wildman–Crippen LogP) is 0.668. The van der Waals surface area contributed by atoms with Crippen LogP contribution >= 0.6 is 0 Å². The second-order valence-electron chi connectivity index (χ2n) is 3.96. The molecule has 2 N–H and O–H groups in total. The molecule has 0 aliphatic carbocycles. The molecule has 4 heteroatoms. The van der Waals surface area contributed by atoms with E-state index in [4.69, 9.17) is 4.74 Å². The van der Waals surface area contributed by atoms with Crippen LogP contribution in [0.2, 0.25) is 0 Å². The van der Waals surface area contributed by atoms with Crippen molar-refractivity contribution in [3.63, 3.8) is 0 Å². The van der Waals surface area contributed by atoms with E-state index in [0.717, 1.165) is 31.9 Å². The SMILES string of the molecule is C=C(COCCNCCN(C)CCC)NC. The van der Waals surface area contributed by atoms with Crippen molar-refractivity contribution in [3.8, 4) is 0 Å². The summed E-state index contributed by atoms with van der Waals surface area (Å²) in [6, 6.07) is 0. The van der Waals surface area contributed by atoms with Gasteiger partial charge in [-0.2, -0.15) is 0 Å². The van der Waals surface area contributed by atoms with Crippen molar-refractivity contribution in [1.29, 1.82) is 0 Å². The summed E-state index contributed by atoms with van der Waals surface area (Å²) in [5, 5.41) is 6.30. The van der Waals surface area contributed by atoms with Gasteiger partial charge in [-0.05, 0) is 20.0 Å². The minimum absolute atomic E-state index is 0.591. The van der Waals surface area contributed by atoms with Gasteiger partial charge in [0.05, 0.1) is 13.2 Å². The van der Waals surface area contributed by atoms with Crippen molar-refractivity contribution in [2.75, 3.05) is 53.5 Å². The van der Waals surface area contributed by atoms with Gasteiger partial charge in [-0.25, -0.2) is 0 Å². The van der Waals surface area contributed by atoms with Gasteiger partial charge in [-0.3, -0.25) is 0 Å². The van der Waals surface area contributed by atoms with Gasteiger partial charge < -0.3 is 20.3 Å². The lowest BCUT2D eigenvalue weighted by Gasteiger charge is -2.15. The van der Waals surface area contributed by atoms with Crippen LogP contribution in [0.3, 0.4) is 0 Å². The summed E-state index contributed by atoms with van der Waals surface area (Å²) in [4.78, 5) is 2.33. The Balaban J connectivity index is 3.12. The van der Waals surface area contributed by atoms with Crippen LogP contribution in [0.15, 0.2) is 12.3 Å². The van der Waals surface area contributed by atoms with Gasteiger partial charge in [0.1, 0.15) is 0 Å². The van der Waals surface area contributed by atoms with Crippen molar-refractivity contribution in [3.05, 3.63) is 12.3 Å². The van der Waals surface area contributed by atoms with E-state index in [0.29, 0.717) is 6.61 Å². The molecule has 0 spiro atoms. The number of hydrogen-bond donors (Lipinski definition) is 2. The number of nitrogens with one attached hydrogen (secondary N) is 2. The third-order valence-electron chi connectivity index (χ3n) is 2.33. The zero-order valence-electron chi connectivity index (χ0n) is 11.0. The zero-order chi connectivity index (χ0) is 12.2. The highest BCUT2D eigenvalue weighted by Crippen LogP contribution is 1.85. The van der Waals surface area contributed by atoms with Crippen molar-refractivity contribution in [2.45, 2.75) is 13.3 Å². The van der Waals surface area contributed by atoms with Gasteiger partial charge in [0.2, 0.25) is 0 Å². The highest BCUT2D eigenvalue weighted by molar-refractivity contribution is 4.88. The van der Waals surface area contributed by atoms with Crippen LogP contribution in [-0.2, 0) is 4.74 Å². The molecule has 0 atom stereocenters. The van der Waals surface area contributed by atoms with Crippen LogP contribution in [0.4, 0.5) is 0 Å². The van der Waals surface area contributed by atoms with E-state index in [1.807, 2.05) is 7.05 Å². The Labute approximate surface area is 100 Å². The van der Waals surface area contributed by atoms with E-state index in [1.54, 1.807) is 0 Å². The van der Waals surface area contributed by atoms with Gasteiger partial charge >= 0.3 is 0 Å². The molecule has 0 saturated carbocycles. The van der Waals surface area contributed by atoms with Crippen LogP contribution in [0, 0.1) is 0 Å². The average molecular weight is 229 g/mol. The Kier molecular flexibility index (Phi) is 10.5. The Hall–Kier alpha value is -0.580. The second-order valence-corrected chi connectivity index (χ2v) is 3.96. The molecule has 0 radical (unpaired) electrons. The molecular weight excluding hydrogens is 202 g/mol. The quantitative estimate of drug-likeness (QED) is 0.511. The van der Waals surface area contributed by atoms with Gasteiger partial charge in [-0.15, -0.1) is 0 Å². The first-order chi connectivity index (χ1) is 7.70. The standard InChI is InChI=1S/C12H27N3O/c1-5-8-15(4)9-6-14-7-10-16-11-12(2)13-3/h13-14H,2,5-11H2,1,3-4H3. The number of likely N-dealkylation sites (N-methyl/N-ethyl adjacent to an activating group) is 2. The van der Waals surface area contributed by atoms with Crippen LogP contribution in [0.1, 0.15) is 13.3 Å². The van der Waals surface area contributed by atoms with Crippen LogP contribution < -0.4 is 10.6 Å². The lowest BCUT2D eigenvalue weighted by Crippen LogP contribution is -2.31. The van der Waals surface area contributed by atoms with Gasteiger partial charge in [0, 0.05) is 32.4 Å². The molecule has 16 heavy (non-hydrogen) atoms. The molecule has 0 heterocycles. The summed E-state index contributed by atoms with van der Waals surface area (Å²) in [6.45, 7) is 11.5. The van der Waals surface area contributed by atoms with Crippen LogP contribution in [0.5, 0.6) is 0 Å². The minimum Gasteiger partial charge on any atom is -0.390 e. The molecule has 4 nitrogen and oxygen atoms in total. The molecule has 0 saturated heterocycles. The van der Waals surface area contributed by atoms with E-state index in [1.165, 1.54) is 13.0 Å². The maximum absolute atomic E-state index is 5.40. The first-order valence-electron chi connectivity index (χ1n) is 6.03. The Morgan fingerprint density at radius 1 is 1.31 bits per heavy atom. The van der Waals surface area contributed by atoms with Crippen molar-refractivity contribution >= 4 is 0 Å². The molecular formula is C12H27N3O. The first kappa shape index (κ1) is 15.4. The largest absolute Gasteiger partial charge is 0.390 e. The fraction of sp³-hybridized carbons (Fsp3) is 0.833. The molecule has 0 bridgehead atoms. The highest BCUT2D eigenvalue weighted by atomic mass is 16.5. The number of nitrogens with zero attached hydrogens (tertiary/aromatic N) is 1. The smallest absolute Gasteiger partial charge is 0.0856 e. The maximum atomic E-state index is 5.40. The van der Waals surface area contributed by atoms with E-state index in [2.05, 4.69) is 36.1 Å². The highest BCUT2D eigenvalue weighted by Gasteiger charge is 1.95. The normalized spacial score (nSPS) is 10.8. The number of rotatable bonds is 11. The van der Waals surface area contributed by atoms with E-state index in [-0.39, 0.29) is 0 Å². The lowest BCUT2D eigenvalue weighted by atomic mass is 10.4. The van der Waals surface area contributed by atoms with Gasteiger partial charge in [0.25, 0.3) is 0 Å². The molecule has 0 aromatic rings. The summed E-state index contributed by atoms with van der Waals surface area (Å²) in [6.07, 6.45) is 1.21. The zero-order valence-corrected chi connectivity index (χ0v) is 11.0. The molecule has 0 aliphatic rings. The molecule has 96 valence electrons. The second kappa shape index (κ2) is 10.9. The third-order valence-corrected chi connectivity index (χ3v) is 2.33. The van der Waals surface area contributed by atoms with Crippen molar-refractivity contribution < 1.29 is 4.74 Å². The molecule has 0 aromatic heterocycles. The van der Waals surface area contributed by atoms with Gasteiger partial charge in [0.15, 0.2) is 0 Å². The Morgan fingerprint density at radius 2 is 2.06 bits per heavy atom. The van der Waals surface area contributed by atoms with E-state index < -0.39 is 0 Å². The fourth-order valence-corrected chi connectivity index (χ4v) is 1.30. The third kappa shape index (κ3) is 9.96. The summed E-state index contributed by atoms with van der Waals surface area (Å²) in [7, 11) is 4.01. The van der Waals surface area contributed by atoms with Crippen LogP contribution in [0.25, 0.3) is 0 Å². The molecule has 0 amide bonds. The summed E-state index contributed by atoms with van der Waals surface area (Å²) in [5.41, 5.74) is 0.919. The average Bonchev–Trinajstić information content (AvgIpc) is 2.27. The van der Waals surface area contributed by atoms with Gasteiger partial charge in [-0.1, -0.05) is 13.5 Å². The maximum Gasteiger partial charge on any atom is 0.0856 e. The first-order valence-corrected chi connectivity index (χ1v) is 6.03.